The van der Waals surface area contributed by atoms with Gasteiger partial charge in [-0.05, 0) is 12.8 Å². The van der Waals surface area contributed by atoms with E-state index in [1.54, 1.807) is 24.3 Å². The number of hydrogen-bond acceptors (Lipinski definition) is 4. The van der Waals surface area contributed by atoms with Crippen LogP contribution >= 0.6 is 0 Å². The Morgan fingerprint density at radius 3 is 2.47 bits per heavy atom. The molecular weight excluding hydrogens is 244 g/mol. The van der Waals surface area contributed by atoms with Gasteiger partial charge in [0, 0.05) is 22.6 Å². The average Bonchev–Trinajstić information content (AvgIpc) is 2.44. The fourth-order valence-corrected chi connectivity index (χ4v) is 2.64. The van der Waals surface area contributed by atoms with Crippen LogP contribution in [-0.2, 0) is 4.74 Å². The Hall–Kier alpha value is -1.94. The van der Waals surface area contributed by atoms with E-state index < -0.39 is 6.29 Å². The standard InChI is InChI=1S/C15H14O4/c1-2-8-7-11-12(16)9-5-3-4-6-10(9)13(17)14(11)19-15(8)18/h3-6,8,15,18H,2,7H2,1H3. The lowest BCUT2D eigenvalue weighted by molar-refractivity contribution is -0.112. The molecule has 0 radical (unpaired) electrons. The third-order valence-electron chi connectivity index (χ3n) is 3.80. The molecule has 3 rings (SSSR count). The molecule has 1 N–H and O–H groups in total. The molecule has 0 bridgehead atoms. The lowest BCUT2D eigenvalue weighted by Gasteiger charge is -2.32. The summed E-state index contributed by atoms with van der Waals surface area (Å²) >= 11 is 0. The molecule has 1 aliphatic carbocycles. The molecule has 2 unspecified atom stereocenters. The number of fused-ring (bicyclic) bond motifs is 1. The van der Waals surface area contributed by atoms with Gasteiger partial charge in [-0.2, -0.15) is 0 Å². The summed E-state index contributed by atoms with van der Waals surface area (Å²) in [5.41, 5.74) is 1.19. The van der Waals surface area contributed by atoms with Gasteiger partial charge >= 0.3 is 0 Å². The fourth-order valence-electron chi connectivity index (χ4n) is 2.64. The summed E-state index contributed by atoms with van der Waals surface area (Å²) in [5.74, 6) is -0.573. The minimum Gasteiger partial charge on any atom is -0.460 e. The van der Waals surface area contributed by atoms with Gasteiger partial charge in [0.15, 0.2) is 11.5 Å². The highest BCUT2D eigenvalue weighted by Gasteiger charge is 2.40. The molecule has 4 heteroatoms. The molecular formula is C15H14O4. The number of rotatable bonds is 1. The number of hydrogen-bond donors (Lipinski definition) is 1. The molecule has 0 amide bonds. The average molecular weight is 258 g/mol. The van der Waals surface area contributed by atoms with E-state index in [0.717, 1.165) is 0 Å². The van der Waals surface area contributed by atoms with E-state index in [-0.39, 0.29) is 23.2 Å². The van der Waals surface area contributed by atoms with Crippen molar-refractivity contribution in [3.05, 3.63) is 46.7 Å². The Bertz CT molecular complexity index is 600. The van der Waals surface area contributed by atoms with Crippen LogP contribution in [0.2, 0.25) is 0 Å². The van der Waals surface area contributed by atoms with Gasteiger partial charge in [-0.1, -0.05) is 31.2 Å². The summed E-state index contributed by atoms with van der Waals surface area (Å²) in [6, 6.07) is 6.72. The molecule has 0 spiro atoms. The van der Waals surface area contributed by atoms with E-state index in [4.69, 9.17) is 4.74 Å². The number of Topliss-reactive ketones (excluding diaryl/α,β-unsaturated/α-hetero) is 2. The van der Waals surface area contributed by atoms with Crippen molar-refractivity contribution < 1.29 is 19.4 Å². The maximum atomic E-state index is 12.4. The van der Waals surface area contributed by atoms with Crippen LogP contribution in [-0.4, -0.2) is 23.0 Å². The van der Waals surface area contributed by atoms with Crippen molar-refractivity contribution in [1.29, 1.82) is 0 Å². The van der Waals surface area contributed by atoms with Crippen LogP contribution in [0.3, 0.4) is 0 Å². The monoisotopic (exact) mass is 258 g/mol. The number of benzene rings is 1. The molecule has 1 aromatic rings. The second kappa shape index (κ2) is 4.31. The number of ketones is 2. The van der Waals surface area contributed by atoms with E-state index in [1.807, 2.05) is 6.92 Å². The van der Waals surface area contributed by atoms with Crippen molar-refractivity contribution in [2.75, 3.05) is 0 Å². The number of allylic oxidation sites excluding steroid dienone is 2. The number of carbonyl (C=O) groups is 2. The molecule has 4 nitrogen and oxygen atoms in total. The number of ether oxygens (including phenoxy) is 1. The first kappa shape index (κ1) is 12.1. The van der Waals surface area contributed by atoms with Gasteiger partial charge in [0.25, 0.3) is 0 Å². The van der Waals surface area contributed by atoms with E-state index >= 15 is 0 Å². The van der Waals surface area contributed by atoms with Crippen molar-refractivity contribution in [2.45, 2.75) is 26.1 Å². The minimum atomic E-state index is -1.01. The summed E-state index contributed by atoms with van der Waals surface area (Å²) in [6.07, 6.45) is 0.0817. The van der Waals surface area contributed by atoms with Crippen LogP contribution < -0.4 is 0 Å². The van der Waals surface area contributed by atoms with E-state index in [1.165, 1.54) is 0 Å². The molecule has 1 aliphatic heterocycles. The Balaban J connectivity index is 2.11. The fraction of sp³-hybridized carbons (Fsp3) is 0.333. The predicted octanol–water partition coefficient (Wildman–Crippen LogP) is 2.08. The lowest BCUT2D eigenvalue weighted by atomic mass is 9.81. The molecule has 98 valence electrons. The Labute approximate surface area is 110 Å². The zero-order chi connectivity index (χ0) is 13.6. The van der Waals surface area contributed by atoms with Gasteiger partial charge in [0.1, 0.15) is 0 Å². The number of carbonyl (C=O) groups excluding carboxylic acids is 2. The van der Waals surface area contributed by atoms with Gasteiger partial charge in [-0.15, -0.1) is 0 Å². The summed E-state index contributed by atoms with van der Waals surface area (Å²) in [7, 11) is 0. The van der Waals surface area contributed by atoms with Crippen LogP contribution in [0.1, 0.15) is 40.5 Å². The van der Waals surface area contributed by atoms with Crippen LogP contribution in [0.5, 0.6) is 0 Å². The van der Waals surface area contributed by atoms with Gasteiger partial charge in [0.2, 0.25) is 12.1 Å². The molecule has 2 aliphatic rings. The van der Waals surface area contributed by atoms with E-state index in [0.29, 0.717) is 29.5 Å². The Kier molecular flexibility index (Phi) is 2.75. The first-order valence-electron chi connectivity index (χ1n) is 6.39. The normalized spacial score (nSPS) is 25.8. The predicted molar refractivity (Wildman–Crippen MR) is 67.6 cm³/mol. The number of aliphatic hydroxyl groups excluding tert-OH is 1. The summed E-state index contributed by atoms with van der Waals surface area (Å²) < 4.78 is 5.30. The van der Waals surface area contributed by atoms with Crippen LogP contribution in [0, 0.1) is 5.92 Å². The zero-order valence-corrected chi connectivity index (χ0v) is 10.6. The van der Waals surface area contributed by atoms with Gasteiger partial charge in [-0.3, -0.25) is 9.59 Å². The molecule has 0 fully saturated rings. The van der Waals surface area contributed by atoms with Crippen molar-refractivity contribution >= 4 is 11.6 Å². The molecule has 0 aromatic heterocycles. The zero-order valence-electron chi connectivity index (χ0n) is 10.6. The maximum Gasteiger partial charge on any atom is 0.228 e. The topological polar surface area (TPSA) is 63.6 Å². The van der Waals surface area contributed by atoms with Gasteiger partial charge < -0.3 is 9.84 Å². The highest BCUT2D eigenvalue weighted by atomic mass is 16.6. The Morgan fingerprint density at radius 1 is 1.21 bits per heavy atom. The Morgan fingerprint density at radius 2 is 1.84 bits per heavy atom. The largest absolute Gasteiger partial charge is 0.460 e. The van der Waals surface area contributed by atoms with Crippen molar-refractivity contribution in [3.63, 3.8) is 0 Å². The quantitative estimate of drug-likeness (QED) is 0.837. The first-order valence-corrected chi connectivity index (χ1v) is 6.39. The van der Waals surface area contributed by atoms with Crippen LogP contribution in [0.4, 0.5) is 0 Å². The molecule has 0 saturated heterocycles. The first-order chi connectivity index (χ1) is 9.13. The van der Waals surface area contributed by atoms with Crippen molar-refractivity contribution in [3.8, 4) is 0 Å². The summed E-state index contributed by atoms with van der Waals surface area (Å²) in [4.78, 5) is 24.7. The molecule has 0 saturated carbocycles. The highest BCUT2D eigenvalue weighted by molar-refractivity contribution is 6.26. The second-order valence-electron chi connectivity index (χ2n) is 4.89. The minimum absolute atomic E-state index is 0.0286. The molecule has 1 aromatic carbocycles. The molecule has 2 atom stereocenters. The number of aliphatic hydroxyl groups is 1. The lowest BCUT2D eigenvalue weighted by Crippen LogP contribution is -2.35. The summed E-state index contributed by atoms with van der Waals surface area (Å²) in [5, 5.41) is 9.84. The highest BCUT2D eigenvalue weighted by Crippen LogP contribution is 2.37. The SMILES string of the molecule is CCC1CC2=C(OC1O)C(=O)c1ccccc1C2=O. The van der Waals surface area contributed by atoms with E-state index in [2.05, 4.69) is 0 Å². The molecule has 1 heterocycles. The third kappa shape index (κ3) is 1.71. The molecule has 19 heavy (non-hydrogen) atoms. The van der Waals surface area contributed by atoms with Crippen LogP contribution in [0.25, 0.3) is 0 Å². The van der Waals surface area contributed by atoms with Crippen LogP contribution in [0.15, 0.2) is 35.6 Å². The summed E-state index contributed by atoms with van der Waals surface area (Å²) in [6.45, 7) is 1.92. The van der Waals surface area contributed by atoms with Gasteiger partial charge in [0.05, 0.1) is 0 Å². The van der Waals surface area contributed by atoms with Crippen molar-refractivity contribution in [2.24, 2.45) is 5.92 Å². The third-order valence-corrected chi connectivity index (χ3v) is 3.80. The second-order valence-corrected chi connectivity index (χ2v) is 4.89. The van der Waals surface area contributed by atoms with E-state index in [9.17, 15) is 14.7 Å². The maximum absolute atomic E-state index is 12.4. The van der Waals surface area contributed by atoms with Gasteiger partial charge in [-0.25, -0.2) is 0 Å². The smallest absolute Gasteiger partial charge is 0.228 e. The van der Waals surface area contributed by atoms with Crippen molar-refractivity contribution in [1.82, 2.24) is 0 Å².